The average Bonchev–Trinajstić information content (AvgIpc) is 2.82. The Kier molecular flexibility index (Phi) is 4.40. The Morgan fingerprint density at radius 3 is 3.06 bits per heavy atom. The van der Waals surface area contributed by atoms with Crippen molar-refractivity contribution in [3.8, 4) is 0 Å². The third kappa shape index (κ3) is 3.32. The second-order valence-corrected chi connectivity index (χ2v) is 7.06. The standard InChI is InChI=1S/C12H21N3O2S/c1-2-8-18(16,17)15-7-3-4-11(10-15)9-12-5-6-13-14-12/h5-6,11H,2-4,7-10H2,1H3,(H,13,14). The number of aromatic amines is 1. The maximum atomic E-state index is 12.0. The summed E-state index contributed by atoms with van der Waals surface area (Å²) in [7, 11) is -3.04. The summed E-state index contributed by atoms with van der Waals surface area (Å²) in [5.74, 6) is 0.676. The van der Waals surface area contributed by atoms with Crippen LogP contribution in [0.15, 0.2) is 12.3 Å². The Labute approximate surface area is 109 Å². The van der Waals surface area contributed by atoms with Gasteiger partial charge in [-0.1, -0.05) is 6.92 Å². The minimum Gasteiger partial charge on any atom is -0.283 e. The molecule has 2 rings (SSSR count). The van der Waals surface area contributed by atoms with Gasteiger partial charge in [0, 0.05) is 25.0 Å². The van der Waals surface area contributed by atoms with Gasteiger partial charge in [0.25, 0.3) is 0 Å². The van der Waals surface area contributed by atoms with Gasteiger partial charge in [-0.2, -0.15) is 5.10 Å². The molecule has 0 bridgehead atoms. The van der Waals surface area contributed by atoms with Crippen molar-refractivity contribution in [2.75, 3.05) is 18.8 Å². The normalized spacial score (nSPS) is 22.2. The summed E-state index contributed by atoms with van der Waals surface area (Å²) in [4.78, 5) is 0. The number of rotatable bonds is 5. The van der Waals surface area contributed by atoms with Crippen LogP contribution >= 0.6 is 0 Å². The summed E-state index contributed by atoms with van der Waals surface area (Å²) in [5.41, 5.74) is 1.09. The van der Waals surface area contributed by atoms with E-state index in [4.69, 9.17) is 0 Å². The van der Waals surface area contributed by atoms with E-state index in [-0.39, 0.29) is 5.75 Å². The van der Waals surface area contributed by atoms with Crippen LogP contribution in [0.4, 0.5) is 0 Å². The van der Waals surface area contributed by atoms with Crippen LogP contribution in [0.25, 0.3) is 0 Å². The van der Waals surface area contributed by atoms with E-state index >= 15 is 0 Å². The molecule has 0 aliphatic carbocycles. The summed E-state index contributed by atoms with van der Waals surface area (Å²) in [6.45, 7) is 3.24. The van der Waals surface area contributed by atoms with Gasteiger partial charge in [-0.15, -0.1) is 0 Å². The van der Waals surface area contributed by atoms with Crippen LogP contribution in [0.2, 0.25) is 0 Å². The molecule has 0 spiro atoms. The molecule has 0 saturated carbocycles. The molecule has 1 aliphatic rings. The van der Waals surface area contributed by atoms with Crippen molar-refractivity contribution in [3.05, 3.63) is 18.0 Å². The molecule has 1 aromatic rings. The van der Waals surface area contributed by atoms with Gasteiger partial charge in [0.15, 0.2) is 0 Å². The highest BCUT2D eigenvalue weighted by atomic mass is 32.2. The molecule has 0 aromatic carbocycles. The highest BCUT2D eigenvalue weighted by molar-refractivity contribution is 7.89. The molecule has 1 atom stereocenters. The Hall–Kier alpha value is -0.880. The first kappa shape index (κ1) is 13.5. The summed E-state index contributed by atoms with van der Waals surface area (Å²) in [5, 5.41) is 6.87. The molecule has 1 saturated heterocycles. The van der Waals surface area contributed by atoms with Crippen molar-refractivity contribution >= 4 is 10.0 Å². The second kappa shape index (κ2) is 5.84. The number of piperidine rings is 1. The lowest BCUT2D eigenvalue weighted by Gasteiger charge is -2.31. The number of nitrogens with one attached hydrogen (secondary N) is 1. The van der Waals surface area contributed by atoms with Crippen molar-refractivity contribution in [1.29, 1.82) is 0 Å². The molecule has 2 heterocycles. The second-order valence-electron chi connectivity index (χ2n) is 4.97. The van der Waals surface area contributed by atoms with Crippen molar-refractivity contribution in [2.24, 2.45) is 5.92 Å². The van der Waals surface area contributed by atoms with E-state index in [2.05, 4.69) is 10.2 Å². The minimum absolute atomic E-state index is 0.268. The van der Waals surface area contributed by atoms with Gasteiger partial charge in [0.2, 0.25) is 10.0 Å². The molecule has 1 fully saturated rings. The Morgan fingerprint density at radius 2 is 2.39 bits per heavy atom. The monoisotopic (exact) mass is 271 g/mol. The smallest absolute Gasteiger partial charge is 0.214 e. The summed E-state index contributed by atoms with van der Waals surface area (Å²) in [6.07, 6.45) is 5.37. The first-order valence-corrected chi connectivity index (χ1v) is 8.19. The van der Waals surface area contributed by atoms with Crippen LogP contribution in [-0.2, 0) is 16.4 Å². The number of hydrogen-bond donors (Lipinski definition) is 1. The van der Waals surface area contributed by atoms with E-state index < -0.39 is 10.0 Å². The van der Waals surface area contributed by atoms with Crippen molar-refractivity contribution < 1.29 is 8.42 Å². The quantitative estimate of drug-likeness (QED) is 0.880. The molecular formula is C12H21N3O2S. The van der Waals surface area contributed by atoms with Gasteiger partial charge in [-0.25, -0.2) is 12.7 Å². The summed E-state index contributed by atoms with van der Waals surface area (Å²) < 4.78 is 25.7. The Morgan fingerprint density at radius 1 is 1.56 bits per heavy atom. The summed E-state index contributed by atoms with van der Waals surface area (Å²) >= 11 is 0. The first-order chi connectivity index (χ1) is 8.62. The molecule has 102 valence electrons. The van der Waals surface area contributed by atoms with Crippen LogP contribution in [0.3, 0.4) is 0 Å². The van der Waals surface area contributed by atoms with Gasteiger partial charge in [-0.05, 0) is 37.7 Å². The van der Waals surface area contributed by atoms with E-state index in [1.807, 2.05) is 13.0 Å². The third-order valence-electron chi connectivity index (χ3n) is 3.40. The number of nitrogens with zero attached hydrogens (tertiary/aromatic N) is 2. The lowest BCUT2D eigenvalue weighted by Crippen LogP contribution is -2.41. The van der Waals surface area contributed by atoms with Crippen LogP contribution in [0.1, 0.15) is 31.9 Å². The van der Waals surface area contributed by atoms with Gasteiger partial charge in [0.05, 0.1) is 5.75 Å². The third-order valence-corrected chi connectivity index (χ3v) is 5.45. The molecule has 5 nitrogen and oxygen atoms in total. The predicted molar refractivity (Wildman–Crippen MR) is 70.7 cm³/mol. The Balaban J connectivity index is 1.96. The van der Waals surface area contributed by atoms with Gasteiger partial charge in [-0.3, -0.25) is 5.10 Å². The van der Waals surface area contributed by atoms with E-state index in [0.717, 1.165) is 25.0 Å². The Bertz CT molecular complexity index is 456. The molecule has 0 amide bonds. The van der Waals surface area contributed by atoms with Crippen LogP contribution in [0.5, 0.6) is 0 Å². The number of hydrogen-bond acceptors (Lipinski definition) is 3. The predicted octanol–water partition coefficient (Wildman–Crippen LogP) is 1.40. The highest BCUT2D eigenvalue weighted by Crippen LogP contribution is 2.22. The molecule has 18 heavy (non-hydrogen) atoms. The van der Waals surface area contributed by atoms with Crippen LogP contribution in [-0.4, -0.2) is 41.8 Å². The number of sulfonamides is 1. The molecular weight excluding hydrogens is 250 g/mol. The molecule has 1 aromatic heterocycles. The van der Waals surface area contributed by atoms with Crippen LogP contribution in [0, 0.1) is 5.92 Å². The van der Waals surface area contributed by atoms with Gasteiger partial charge < -0.3 is 0 Å². The maximum absolute atomic E-state index is 12.0. The minimum atomic E-state index is -3.04. The highest BCUT2D eigenvalue weighted by Gasteiger charge is 2.28. The van der Waals surface area contributed by atoms with Gasteiger partial charge in [0.1, 0.15) is 0 Å². The van der Waals surface area contributed by atoms with Crippen molar-refractivity contribution in [3.63, 3.8) is 0 Å². The molecule has 0 radical (unpaired) electrons. The zero-order valence-electron chi connectivity index (χ0n) is 10.8. The molecule has 1 unspecified atom stereocenters. The van der Waals surface area contributed by atoms with Crippen LogP contribution < -0.4 is 0 Å². The molecule has 6 heteroatoms. The van der Waals surface area contributed by atoms with E-state index in [1.54, 1.807) is 10.5 Å². The first-order valence-electron chi connectivity index (χ1n) is 6.58. The fourth-order valence-corrected chi connectivity index (χ4v) is 4.16. The number of aromatic nitrogens is 2. The average molecular weight is 271 g/mol. The maximum Gasteiger partial charge on any atom is 0.214 e. The lowest BCUT2D eigenvalue weighted by molar-refractivity contribution is 0.264. The number of H-pyrrole nitrogens is 1. The van der Waals surface area contributed by atoms with E-state index in [9.17, 15) is 8.42 Å². The lowest BCUT2D eigenvalue weighted by atomic mass is 9.95. The summed E-state index contributed by atoms with van der Waals surface area (Å²) in [6, 6.07) is 1.96. The fraction of sp³-hybridized carbons (Fsp3) is 0.750. The van der Waals surface area contributed by atoms with E-state index in [1.165, 1.54) is 0 Å². The zero-order chi connectivity index (χ0) is 13.0. The SMILES string of the molecule is CCCS(=O)(=O)N1CCCC(Cc2ccn[nH]2)C1. The van der Waals surface area contributed by atoms with Gasteiger partial charge >= 0.3 is 0 Å². The molecule has 1 N–H and O–H groups in total. The largest absolute Gasteiger partial charge is 0.283 e. The van der Waals surface area contributed by atoms with Crippen molar-refractivity contribution in [2.45, 2.75) is 32.6 Å². The van der Waals surface area contributed by atoms with Crippen molar-refractivity contribution in [1.82, 2.24) is 14.5 Å². The molecule has 1 aliphatic heterocycles. The fourth-order valence-electron chi connectivity index (χ4n) is 2.54. The zero-order valence-corrected chi connectivity index (χ0v) is 11.6. The van der Waals surface area contributed by atoms with E-state index in [0.29, 0.717) is 25.4 Å². The topological polar surface area (TPSA) is 66.1 Å².